The van der Waals surface area contributed by atoms with Gasteiger partial charge in [0, 0.05) is 18.0 Å². The first-order valence-electron chi connectivity index (χ1n) is 5.05. The van der Waals surface area contributed by atoms with Crippen LogP contribution in [0.15, 0.2) is 18.2 Å². The second-order valence-electron chi connectivity index (χ2n) is 4.75. The Kier molecular flexibility index (Phi) is 2.44. The molecule has 0 radical (unpaired) electrons. The molecule has 1 aromatic rings. The highest BCUT2D eigenvalue weighted by Crippen LogP contribution is 2.60. The van der Waals surface area contributed by atoms with E-state index in [2.05, 4.69) is 0 Å². The summed E-state index contributed by atoms with van der Waals surface area (Å²) in [6.07, 6.45) is 0. The van der Waals surface area contributed by atoms with Gasteiger partial charge in [-0.05, 0) is 11.5 Å². The SMILES string of the molecule is CC1(C)[C@@H](N)[C@@H]1c1c(Cl)cccc1[N+](=O)[O-]. The third kappa shape index (κ3) is 1.49. The van der Waals surface area contributed by atoms with Crippen molar-refractivity contribution in [3.8, 4) is 0 Å². The molecule has 5 heteroatoms. The fraction of sp³-hybridized carbons (Fsp3) is 0.455. The molecule has 2 atom stereocenters. The molecule has 2 rings (SSSR count). The van der Waals surface area contributed by atoms with Crippen molar-refractivity contribution in [1.29, 1.82) is 0 Å². The molecule has 1 aromatic carbocycles. The van der Waals surface area contributed by atoms with E-state index in [9.17, 15) is 10.1 Å². The molecule has 1 aliphatic carbocycles. The van der Waals surface area contributed by atoms with E-state index in [1.165, 1.54) is 6.07 Å². The zero-order valence-corrected chi connectivity index (χ0v) is 9.86. The van der Waals surface area contributed by atoms with E-state index in [-0.39, 0.29) is 23.1 Å². The standard InChI is InChI=1S/C11H13ClN2O2/c1-11(2)9(10(11)13)8-6(12)4-3-5-7(8)14(15)16/h3-5,9-10H,13H2,1-2H3/t9-,10-/m0/s1. The van der Waals surface area contributed by atoms with Crippen molar-refractivity contribution in [2.45, 2.75) is 25.8 Å². The van der Waals surface area contributed by atoms with Gasteiger partial charge in [-0.3, -0.25) is 10.1 Å². The largest absolute Gasteiger partial charge is 0.327 e. The van der Waals surface area contributed by atoms with Crippen LogP contribution in [0.2, 0.25) is 5.02 Å². The fourth-order valence-corrected chi connectivity index (χ4v) is 2.51. The summed E-state index contributed by atoms with van der Waals surface area (Å²) in [6, 6.07) is 4.67. The van der Waals surface area contributed by atoms with Crippen LogP contribution in [0.1, 0.15) is 25.3 Å². The van der Waals surface area contributed by atoms with Crippen LogP contribution < -0.4 is 5.73 Å². The van der Waals surface area contributed by atoms with Gasteiger partial charge in [-0.1, -0.05) is 31.5 Å². The van der Waals surface area contributed by atoms with Crippen LogP contribution in [0.5, 0.6) is 0 Å². The molecule has 16 heavy (non-hydrogen) atoms. The van der Waals surface area contributed by atoms with Crippen molar-refractivity contribution in [1.82, 2.24) is 0 Å². The van der Waals surface area contributed by atoms with E-state index < -0.39 is 4.92 Å². The van der Waals surface area contributed by atoms with Gasteiger partial charge in [0.05, 0.1) is 15.5 Å². The van der Waals surface area contributed by atoms with Crippen molar-refractivity contribution < 1.29 is 4.92 Å². The lowest BCUT2D eigenvalue weighted by molar-refractivity contribution is -0.385. The molecule has 0 saturated heterocycles. The van der Waals surface area contributed by atoms with Gasteiger partial charge in [-0.25, -0.2) is 0 Å². The number of rotatable bonds is 2. The van der Waals surface area contributed by atoms with Gasteiger partial charge >= 0.3 is 0 Å². The van der Waals surface area contributed by atoms with E-state index in [4.69, 9.17) is 17.3 Å². The van der Waals surface area contributed by atoms with Gasteiger partial charge in [0.1, 0.15) is 0 Å². The van der Waals surface area contributed by atoms with E-state index in [0.29, 0.717) is 10.6 Å². The maximum absolute atomic E-state index is 10.9. The lowest BCUT2D eigenvalue weighted by atomic mass is 10.0. The maximum atomic E-state index is 10.9. The zero-order chi connectivity index (χ0) is 12.1. The summed E-state index contributed by atoms with van der Waals surface area (Å²) in [7, 11) is 0. The number of halogens is 1. The molecule has 0 heterocycles. The van der Waals surface area contributed by atoms with E-state index in [0.717, 1.165) is 0 Å². The summed E-state index contributed by atoms with van der Waals surface area (Å²) in [4.78, 5) is 10.5. The summed E-state index contributed by atoms with van der Waals surface area (Å²) in [6.45, 7) is 3.99. The Bertz CT molecular complexity index is 459. The predicted octanol–water partition coefficient (Wildman–Crippen LogP) is 2.70. The number of hydrogen-bond acceptors (Lipinski definition) is 3. The lowest BCUT2D eigenvalue weighted by Gasteiger charge is -2.06. The number of hydrogen-bond donors (Lipinski definition) is 1. The molecular weight excluding hydrogens is 228 g/mol. The van der Waals surface area contributed by atoms with Gasteiger partial charge < -0.3 is 5.73 Å². The molecule has 0 spiro atoms. The number of nitrogens with two attached hydrogens (primary N) is 1. The van der Waals surface area contributed by atoms with Crippen molar-refractivity contribution in [3.63, 3.8) is 0 Å². The molecule has 1 fully saturated rings. The quantitative estimate of drug-likeness (QED) is 0.638. The van der Waals surface area contributed by atoms with Gasteiger partial charge in [0.15, 0.2) is 0 Å². The highest BCUT2D eigenvalue weighted by Gasteiger charge is 2.58. The maximum Gasteiger partial charge on any atom is 0.274 e. The van der Waals surface area contributed by atoms with Crippen LogP contribution in [0.4, 0.5) is 5.69 Å². The minimum absolute atomic E-state index is 0.0263. The van der Waals surface area contributed by atoms with Crippen LogP contribution in [-0.2, 0) is 0 Å². The molecule has 86 valence electrons. The Morgan fingerprint density at radius 2 is 2.06 bits per heavy atom. The van der Waals surface area contributed by atoms with Gasteiger partial charge in [0.2, 0.25) is 0 Å². The monoisotopic (exact) mass is 240 g/mol. The topological polar surface area (TPSA) is 69.2 Å². The second kappa shape index (κ2) is 3.43. The van der Waals surface area contributed by atoms with E-state index in [1.54, 1.807) is 12.1 Å². The molecule has 0 unspecified atom stereocenters. The number of nitro benzene ring substituents is 1. The molecule has 0 bridgehead atoms. The predicted molar refractivity (Wildman–Crippen MR) is 62.6 cm³/mol. The third-order valence-electron chi connectivity index (χ3n) is 3.45. The Balaban J connectivity index is 2.53. The van der Waals surface area contributed by atoms with Crippen molar-refractivity contribution in [2.75, 3.05) is 0 Å². The smallest absolute Gasteiger partial charge is 0.274 e. The molecule has 2 N–H and O–H groups in total. The number of benzene rings is 1. The Morgan fingerprint density at radius 3 is 2.50 bits per heavy atom. The van der Waals surface area contributed by atoms with Crippen molar-refractivity contribution in [3.05, 3.63) is 38.9 Å². The van der Waals surface area contributed by atoms with Crippen molar-refractivity contribution >= 4 is 17.3 Å². The van der Waals surface area contributed by atoms with E-state index >= 15 is 0 Å². The summed E-state index contributed by atoms with van der Waals surface area (Å²) in [5.74, 6) is -0.0263. The summed E-state index contributed by atoms with van der Waals surface area (Å²) in [5.41, 5.74) is 6.46. The van der Waals surface area contributed by atoms with Gasteiger partial charge in [-0.15, -0.1) is 0 Å². The number of nitro groups is 1. The second-order valence-corrected chi connectivity index (χ2v) is 5.16. The summed E-state index contributed by atoms with van der Waals surface area (Å²) in [5, 5.41) is 11.4. The minimum atomic E-state index is -0.400. The van der Waals surface area contributed by atoms with Crippen LogP contribution in [-0.4, -0.2) is 11.0 Å². The zero-order valence-electron chi connectivity index (χ0n) is 9.11. The Hall–Kier alpha value is -1.13. The average molecular weight is 241 g/mol. The first-order valence-corrected chi connectivity index (χ1v) is 5.43. The molecule has 1 saturated carbocycles. The van der Waals surface area contributed by atoms with Gasteiger partial charge in [-0.2, -0.15) is 0 Å². The van der Waals surface area contributed by atoms with E-state index in [1.807, 2.05) is 13.8 Å². The van der Waals surface area contributed by atoms with Crippen LogP contribution in [0.3, 0.4) is 0 Å². The van der Waals surface area contributed by atoms with Gasteiger partial charge in [0.25, 0.3) is 5.69 Å². The van der Waals surface area contributed by atoms with Crippen LogP contribution in [0.25, 0.3) is 0 Å². The van der Waals surface area contributed by atoms with Crippen molar-refractivity contribution in [2.24, 2.45) is 11.1 Å². The highest BCUT2D eigenvalue weighted by atomic mass is 35.5. The minimum Gasteiger partial charge on any atom is -0.327 e. The summed E-state index contributed by atoms with van der Waals surface area (Å²) >= 11 is 6.04. The van der Waals surface area contributed by atoms with Crippen LogP contribution in [0, 0.1) is 15.5 Å². The number of nitrogens with zero attached hydrogens (tertiary/aromatic N) is 1. The highest BCUT2D eigenvalue weighted by molar-refractivity contribution is 6.31. The Morgan fingerprint density at radius 1 is 1.50 bits per heavy atom. The molecule has 0 aromatic heterocycles. The molecule has 0 aliphatic heterocycles. The molecule has 0 amide bonds. The normalized spacial score (nSPS) is 26.5. The first-order chi connectivity index (χ1) is 7.37. The summed E-state index contributed by atoms with van der Waals surface area (Å²) < 4.78 is 0. The molecular formula is C11H13ClN2O2. The first kappa shape index (κ1) is 11.4. The molecule has 1 aliphatic rings. The molecule has 4 nitrogen and oxygen atoms in total. The Labute approximate surface area is 98.5 Å². The average Bonchev–Trinajstić information content (AvgIpc) is 2.66. The third-order valence-corrected chi connectivity index (χ3v) is 3.78. The fourth-order valence-electron chi connectivity index (χ4n) is 2.22. The van der Waals surface area contributed by atoms with Crippen LogP contribution >= 0.6 is 11.6 Å². The lowest BCUT2D eigenvalue weighted by Crippen LogP contribution is -2.06.